The molecule has 13 heteroatoms. The van der Waals surface area contributed by atoms with E-state index in [2.05, 4.69) is 20.3 Å². The van der Waals surface area contributed by atoms with Crippen molar-refractivity contribution in [3.8, 4) is 0 Å². The third-order valence-electron chi connectivity index (χ3n) is 4.73. The van der Waals surface area contributed by atoms with E-state index in [9.17, 15) is 18.0 Å². The first-order valence-electron chi connectivity index (χ1n) is 10.8. The number of imidazole rings is 1. The molecule has 35 heavy (non-hydrogen) atoms. The molecular weight excluding hydrogens is 496 g/mol. The number of rotatable bonds is 9. The predicted molar refractivity (Wildman–Crippen MR) is 132 cm³/mol. The quantitative estimate of drug-likeness (QED) is 0.433. The molecule has 0 spiro atoms. The first-order chi connectivity index (χ1) is 16.6. The van der Waals surface area contributed by atoms with Crippen LogP contribution in [-0.2, 0) is 21.3 Å². The number of aromatic nitrogens is 4. The van der Waals surface area contributed by atoms with E-state index >= 15 is 0 Å². The molecule has 0 saturated carbocycles. The molecule has 3 rings (SSSR count). The van der Waals surface area contributed by atoms with Gasteiger partial charge in [-0.15, -0.1) is 0 Å². The minimum atomic E-state index is -3.94. The highest BCUT2D eigenvalue weighted by atomic mass is 35.5. The Balaban J connectivity index is 1.85. The molecular formula is C22H25ClN6O5S. The summed E-state index contributed by atoms with van der Waals surface area (Å²) in [4.78, 5) is 37.2. The Morgan fingerprint density at radius 3 is 2.69 bits per heavy atom. The summed E-state index contributed by atoms with van der Waals surface area (Å²) in [6.45, 7) is 5.77. The lowest BCUT2D eigenvalue weighted by atomic mass is 10.3. The van der Waals surface area contributed by atoms with Crippen molar-refractivity contribution in [3.05, 3.63) is 58.1 Å². The van der Waals surface area contributed by atoms with Crippen molar-refractivity contribution in [2.45, 2.75) is 40.2 Å². The van der Waals surface area contributed by atoms with Crippen LogP contribution < -0.4 is 10.0 Å². The molecule has 3 aromatic heterocycles. The normalized spacial score (nSPS) is 11.7. The highest BCUT2D eigenvalue weighted by Crippen LogP contribution is 2.22. The number of ether oxygens (including phenoxy) is 1. The Kier molecular flexibility index (Phi) is 8.41. The van der Waals surface area contributed by atoms with Crippen molar-refractivity contribution in [2.24, 2.45) is 0 Å². The van der Waals surface area contributed by atoms with Gasteiger partial charge in [0.1, 0.15) is 17.0 Å². The molecule has 0 aliphatic carbocycles. The van der Waals surface area contributed by atoms with E-state index in [4.69, 9.17) is 16.3 Å². The molecule has 0 aromatic carbocycles. The molecule has 0 bridgehead atoms. The lowest BCUT2D eigenvalue weighted by molar-refractivity contribution is 0.0977. The van der Waals surface area contributed by atoms with Crippen LogP contribution in [0.2, 0.25) is 5.02 Å². The van der Waals surface area contributed by atoms with Crippen LogP contribution in [0.5, 0.6) is 0 Å². The van der Waals surface area contributed by atoms with Crippen LogP contribution >= 0.6 is 11.6 Å². The number of carbonyl (C=O) groups excluding carboxylic acids is 2. The molecule has 186 valence electrons. The van der Waals surface area contributed by atoms with Crippen molar-refractivity contribution < 1.29 is 22.7 Å². The van der Waals surface area contributed by atoms with Gasteiger partial charge in [0, 0.05) is 5.41 Å². The van der Waals surface area contributed by atoms with E-state index in [1.165, 1.54) is 18.3 Å². The highest BCUT2D eigenvalue weighted by molar-refractivity contribution is 7.92. The maximum absolute atomic E-state index is 12.5. The zero-order chi connectivity index (χ0) is 25.6. The highest BCUT2D eigenvalue weighted by Gasteiger charge is 2.18. The summed E-state index contributed by atoms with van der Waals surface area (Å²) in [6, 6.07) is 4.53. The van der Waals surface area contributed by atoms with Gasteiger partial charge in [0.2, 0.25) is 0 Å². The Hall–Kier alpha value is -3.51. The maximum atomic E-state index is 12.5. The zero-order valence-corrected chi connectivity index (χ0v) is 21.0. The number of hydrogen-bond donors (Lipinski definition) is 2. The monoisotopic (exact) mass is 520 g/mol. The maximum Gasteiger partial charge on any atom is 0.411 e. The Morgan fingerprint density at radius 1 is 1.23 bits per heavy atom. The number of nitrogens with one attached hydrogen (secondary N) is 2. The standard InChI is InChI=1S/C22H25ClN6O5S/c1-4-6-7-10-35(32,33)28-21(30)18-9-8-17-20(27-18)29(14(3)25-17)13-19-16(23)11-15(12-24-19)26-22(31)34-5-2/h7-12H,4-6,13H2,1-3H3,(H,26,31)(H,28,30). The summed E-state index contributed by atoms with van der Waals surface area (Å²) in [6.07, 6.45) is 3.66. The van der Waals surface area contributed by atoms with Crippen molar-refractivity contribution in [3.63, 3.8) is 0 Å². The first-order valence-corrected chi connectivity index (χ1v) is 12.7. The van der Waals surface area contributed by atoms with Crippen LogP contribution in [-0.4, -0.2) is 46.5 Å². The van der Waals surface area contributed by atoms with E-state index in [0.717, 1.165) is 11.8 Å². The second-order valence-corrected chi connectivity index (χ2v) is 9.39. The van der Waals surface area contributed by atoms with Crippen LogP contribution in [0.15, 0.2) is 35.9 Å². The van der Waals surface area contributed by atoms with Crippen molar-refractivity contribution in [1.29, 1.82) is 0 Å². The van der Waals surface area contributed by atoms with Crippen LogP contribution in [0.25, 0.3) is 11.2 Å². The van der Waals surface area contributed by atoms with E-state index < -0.39 is 22.0 Å². The number of halogens is 1. The van der Waals surface area contributed by atoms with Crippen LogP contribution in [0, 0.1) is 6.92 Å². The van der Waals surface area contributed by atoms with E-state index in [1.54, 1.807) is 30.5 Å². The molecule has 0 radical (unpaired) electrons. The summed E-state index contributed by atoms with van der Waals surface area (Å²) in [7, 11) is -3.94. The summed E-state index contributed by atoms with van der Waals surface area (Å²) >= 11 is 6.37. The van der Waals surface area contributed by atoms with E-state index in [0.29, 0.717) is 39.8 Å². The molecule has 3 heterocycles. The second kappa shape index (κ2) is 11.3. The molecule has 0 aliphatic rings. The summed E-state index contributed by atoms with van der Waals surface area (Å²) in [5, 5.41) is 3.79. The first kappa shape index (κ1) is 26.1. The van der Waals surface area contributed by atoms with Crippen LogP contribution in [0.4, 0.5) is 10.5 Å². The fraction of sp³-hybridized carbons (Fsp3) is 0.318. The number of pyridine rings is 2. The summed E-state index contributed by atoms with van der Waals surface area (Å²) in [5.41, 5.74) is 1.64. The van der Waals surface area contributed by atoms with Crippen LogP contribution in [0.1, 0.15) is 48.7 Å². The smallest absolute Gasteiger partial charge is 0.411 e. The number of nitrogens with zero attached hydrogens (tertiary/aromatic N) is 4. The second-order valence-electron chi connectivity index (χ2n) is 7.42. The van der Waals surface area contributed by atoms with Gasteiger partial charge in [-0.3, -0.25) is 15.1 Å². The zero-order valence-electron chi connectivity index (χ0n) is 19.4. The lowest BCUT2D eigenvalue weighted by Crippen LogP contribution is -2.29. The molecule has 2 N–H and O–H groups in total. The van der Waals surface area contributed by atoms with Crippen molar-refractivity contribution in [1.82, 2.24) is 24.2 Å². The molecule has 0 aliphatic heterocycles. The van der Waals surface area contributed by atoms with Crippen molar-refractivity contribution in [2.75, 3.05) is 11.9 Å². The van der Waals surface area contributed by atoms with Gasteiger partial charge in [-0.2, -0.15) is 0 Å². The number of sulfonamides is 1. The average Bonchev–Trinajstić information content (AvgIpc) is 3.09. The van der Waals surface area contributed by atoms with Gasteiger partial charge in [-0.05, 0) is 38.5 Å². The molecule has 2 amide bonds. The van der Waals surface area contributed by atoms with Crippen molar-refractivity contribution >= 4 is 50.5 Å². The molecule has 0 fully saturated rings. The van der Waals surface area contributed by atoms with Gasteiger partial charge >= 0.3 is 6.09 Å². The molecule has 11 nitrogen and oxygen atoms in total. The summed E-state index contributed by atoms with van der Waals surface area (Å²) in [5.74, 6) is -0.268. The number of hydrogen-bond acceptors (Lipinski definition) is 8. The van der Waals surface area contributed by atoms with Gasteiger partial charge in [-0.1, -0.05) is 31.0 Å². The third-order valence-corrected chi connectivity index (χ3v) is 6.08. The number of anilines is 1. The lowest BCUT2D eigenvalue weighted by Gasteiger charge is -2.10. The molecule has 0 atom stereocenters. The molecule has 0 unspecified atom stereocenters. The number of amides is 2. The number of unbranched alkanes of at least 4 members (excludes halogenated alkanes) is 1. The fourth-order valence-corrected chi connectivity index (χ4v) is 4.14. The molecule has 3 aromatic rings. The van der Waals surface area contributed by atoms with Gasteiger partial charge in [0.25, 0.3) is 15.9 Å². The largest absolute Gasteiger partial charge is 0.450 e. The molecule has 0 saturated heterocycles. The third kappa shape index (κ3) is 6.76. The number of allylic oxidation sites excluding steroid dienone is 1. The fourth-order valence-electron chi connectivity index (χ4n) is 3.09. The van der Waals surface area contributed by atoms with Gasteiger partial charge in [0.05, 0.1) is 35.8 Å². The van der Waals surface area contributed by atoms with E-state index in [1.807, 2.05) is 11.6 Å². The Morgan fingerprint density at radius 2 is 2.00 bits per heavy atom. The topological polar surface area (TPSA) is 145 Å². The number of carbonyl (C=O) groups is 2. The van der Waals surface area contributed by atoms with Gasteiger partial charge in [-0.25, -0.2) is 27.9 Å². The predicted octanol–water partition coefficient (Wildman–Crippen LogP) is 3.78. The summed E-state index contributed by atoms with van der Waals surface area (Å²) < 4.78 is 32.7. The number of fused-ring (bicyclic) bond motifs is 1. The van der Waals surface area contributed by atoms with E-state index in [-0.39, 0.29) is 18.8 Å². The SMILES string of the molecule is CCCC=CS(=O)(=O)NC(=O)c1ccc2nc(C)n(Cc3ncc(NC(=O)OCC)cc3Cl)c2n1. The average molecular weight is 521 g/mol. The Bertz CT molecular complexity index is 1390. The van der Waals surface area contributed by atoms with Gasteiger partial charge in [0.15, 0.2) is 5.65 Å². The minimum Gasteiger partial charge on any atom is -0.450 e. The van der Waals surface area contributed by atoms with Gasteiger partial charge < -0.3 is 9.30 Å². The number of aryl methyl sites for hydroxylation is 1. The minimum absolute atomic E-state index is 0.0841. The van der Waals surface area contributed by atoms with Crippen LogP contribution in [0.3, 0.4) is 0 Å². The Labute approximate surface area is 207 Å².